The summed E-state index contributed by atoms with van der Waals surface area (Å²) in [5.41, 5.74) is 0. The van der Waals surface area contributed by atoms with Crippen LogP contribution in [0.1, 0.15) is 0 Å². The Hall–Kier alpha value is 1.56. The molecule has 0 bridgehead atoms. The van der Waals surface area contributed by atoms with Crippen molar-refractivity contribution in [3.63, 3.8) is 0 Å². The first-order valence-electron chi connectivity index (χ1n) is 0.289. The molecule has 0 atom stereocenters. The van der Waals surface area contributed by atoms with Gasteiger partial charge in [-0.15, -0.1) is 0 Å². The molecule has 0 aromatic rings. The third kappa shape index (κ3) is 9.59. The average molecular weight is 320 g/mol. The van der Waals surface area contributed by atoms with Gasteiger partial charge in [-0.1, -0.05) is 0 Å². The zero-order chi connectivity index (χ0) is 2.00. The Labute approximate surface area is 60.9 Å². The summed E-state index contributed by atoms with van der Waals surface area (Å²) in [6.07, 6.45) is 0. The molecule has 4 heavy (non-hydrogen) atoms. The van der Waals surface area contributed by atoms with Crippen LogP contribution in [0.3, 0.4) is 0 Å². The summed E-state index contributed by atoms with van der Waals surface area (Å²) in [5, 5.41) is 0. The molecule has 0 aliphatic rings. The molecule has 2 nitrogen and oxygen atoms in total. The summed E-state index contributed by atoms with van der Waals surface area (Å²) in [7, 11) is 0. The summed E-state index contributed by atoms with van der Waals surface area (Å²) in [5.74, 6) is 9.00. The van der Waals surface area contributed by atoms with Gasteiger partial charge in [-0.2, -0.15) is 0 Å². The fourth-order valence-corrected chi connectivity index (χ4v) is 0. The van der Waals surface area contributed by atoms with E-state index in [4.69, 9.17) is 5.84 Å². The van der Waals surface area contributed by atoms with E-state index in [1.807, 2.05) is 0 Å². The van der Waals surface area contributed by atoms with Crippen LogP contribution in [0, 0.1) is 31.1 Å². The zero-order valence-corrected chi connectivity index (χ0v) is 7.58. The molecular formula is H3N2UV-. The Morgan fingerprint density at radius 1 is 1.25 bits per heavy atom. The molecule has 0 aromatic heterocycles. The van der Waals surface area contributed by atoms with Gasteiger partial charge in [0.25, 0.3) is 0 Å². The van der Waals surface area contributed by atoms with Gasteiger partial charge in [0.2, 0.25) is 0 Å². The van der Waals surface area contributed by atoms with Gasteiger partial charge < -0.3 is 11.7 Å². The smallest absolute Gasteiger partial charge is 0 e. The van der Waals surface area contributed by atoms with Gasteiger partial charge in [0.1, 0.15) is 0 Å². The van der Waals surface area contributed by atoms with Gasteiger partial charge >= 0.3 is 0 Å². The van der Waals surface area contributed by atoms with Gasteiger partial charge in [0.05, 0.1) is 0 Å². The Morgan fingerprint density at radius 2 is 1.25 bits per heavy atom. The van der Waals surface area contributed by atoms with Crippen LogP contribution in [-0.2, 0) is 18.6 Å². The quantitative estimate of drug-likeness (QED) is 0.492. The molecule has 0 unspecified atom stereocenters. The predicted octanol–water partition coefficient (Wildman–Crippen LogP) is -0.0902. The minimum atomic E-state index is 0. The van der Waals surface area contributed by atoms with Crippen molar-refractivity contribution in [1.29, 1.82) is 0 Å². The molecular weight excluding hydrogens is 317 g/mol. The van der Waals surface area contributed by atoms with E-state index in [1.165, 1.54) is 0 Å². The van der Waals surface area contributed by atoms with Crippen molar-refractivity contribution in [1.82, 2.24) is 0 Å². The largest absolute Gasteiger partial charge is 0.615 e. The van der Waals surface area contributed by atoms with Gasteiger partial charge in [-0.05, 0) is 0 Å². The van der Waals surface area contributed by atoms with Crippen molar-refractivity contribution < 1.29 is 49.7 Å². The molecule has 0 rings (SSSR count). The minimum absolute atomic E-state index is 0. The van der Waals surface area contributed by atoms with Crippen LogP contribution >= 0.6 is 0 Å². The molecule has 1 radical (unpaired) electrons. The molecule has 0 amide bonds. The molecule has 0 saturated heterocycles. The van der Waals surface area contributed by atoms with E-state index in [2.05, 4.69) is 5.84 Å². The maximum Gasteiger partial charge on any atom is 0 e. The van der Waals surface area contributed by atoms with Crippen LogP contribution in [0.15, 0.2) is 0 Å². The summed E-state index contributed by atoms with van der Waals surface area (Å²) in [6.45, 7) is 0. The van der Waals surface area contributed by atoms with E-state index < -0.39 is 0 Å². The maximum atomic E-state index is 5.25. The van der Waals surface area contributed by atoms with Crippen LogP contribution in [0.4, 0.5) is 0 Å². The van der Waals surface area contributed by atoms with E-state index in [0.717, 1.165) is 0 Å². The van der Waals surface area contributed by atoms with Crippen LogP contribution in [0.25, 0.3) is 5.84 Å². The first-order valence-corrected chi connectivity index (χ1v) is 0.289. The van der Waals surface area contributed by atoms with Crippen molar-refractivity contribution >= 4 is 0 Å². The Bertz CT molecular complexity index is 6.00. The van der Waals surface area contributed by atoms with Crippen molar-refractivity contribution in [3.05, 3.63) is 5.84 Å². The second-order valence-electron chi connectivity index (χ2n) is 0. The van der Waals surface area contributed by atoms with Crippen molar-refractivity contribution in [2.75, 3.05) is 0 Å². The van der Waals surface area contributed by atoms with E-state index in [-0.39, 0.29) is 49.7 Å². The summed E-state index contributed by atoms with van der Waals surface area (Å²) < 4.78 is 0. The van der Waals surface area contributed by atoms with Gasteiger partial charge in [-0.3, -0.25) is 0 Å². The van der Waals surface area contributed by atoms with Crippen molar-refractivity contribution in [2.45, 2.75) is 0 Å². The molecule has 0 saturated carbocycles. The molecule has 0 aromatic carbocycles. The third-order valence-electron chi connectivity index (χ3n) is 0. The molecule has 0 fully saturated rings. The third-order valence-corrected chi connectivity index (χ3v) is 0. The number of hydrogen-bond acceptors (Lipinski definition) is 1. The Kier molecular flexibility index (Phi) is 105. The van der Waals surface area contributed by atoms with Gasteiger partial charge in [0.15, 0.2) is 0 Å². The fourth-order valence-electron chi connectivity index (χ4n) is 0. The Morgan fingerprint density at radius 3 is 1.25 bits per heavy atom. The van der Waals surface area contributed by atoms with Crippen LogP contribution < -0.4 is 5.84 Å². The normalized spacial score (nSPS) is 1.50. The first kappa shape index (κ1) is 17.7. The number of nitrogens with two attached hydrogens (primary N) is 1. The van der Waals surface area contributed by atoms with E-state index >= 15 is 0 Å². The van der Waals surface area contributed by atoms with Crippen molar-refractivity contribution in [2.24, 2.45) is 5.84 Å². The number of rotatable bonds is 0. The molecule has 0 spiro atoms. The summed E-state index contributed by atoms with van der Waals surface area (Å²) in [4.78, 5) is 0. The second kappa shape index (κ2) is 23.8. The predicted molar refractivity (Wildman–Crippen MR) is 8.51 cm³/mol. The first-order chi connectivity index (χ1) is 1.00. The molecule has 3 N–H and O–H groups in total. The summed E-state index contributed by atoms with van der Waals surface area (Å²) >= 11 is 0. The topological polar surface area (TPSA) is 49.8 Å². The monoisotopic (exact) mass is 320 g/mol. The van der Waals surface area contributed by atoms with E-state index in [9.17, 15) is 0 Å². The number of nitrogens with one attached hydrogen (secondary N) is 1. The molecule has 0 heterocycles. The zero-order valence-electron chi connectivity index (χ0n) is 2.02. The standard InChI is InChI=1S/H3N2.U.V/c1-2;;/h1H,2H2;;/q-1;;. The average Bonchev–Trinajstić information content (AvgIpc) is 1.00. The van der Waals surface area contributed by atoms with Crippen molar-refractivity contribution in [3.8, 4) is 0 Å². The molecule has 23 valence electrons. The maximum absolute atomic E-state index is 5.25. The number of hydrogen-bond donors (Lipinski definition) is 1. The SMILES string of the molecule is [NH-]N.[U].[V]. The molecule has 4 heteroatoms. The Balaban J connectivity index is -0.00000000500. The minimum Gasteiger partial charge on any atom is -0.615 e. The van der Waals surface area contributed by atoms with Gasteiger partial charge in [0, 0.05) is 49.7 Å². The fraction of sp³-hybridized carbons (Fsp3) is 0. The summed E-state index contributed by atoms with van der Waals surface area (Å²) in [6, 6.07) is 0. The van der Waals surface area contributed by atoms with E-state index in [0.29, 0.717) is 0 Å². The van der Waals surface area contributed by atoms with Gasteiger partial charge in [-0.25, -0.2) is 0 Å². The second-order valence-corrected chi connectivity index (χ2v) is 0. The van der Waals surface area contributed by atoms with Crippen LogP contribution in [-0.4, -0.2) is 0 Å². The molecule has 0 aliphatic carbocycles. The van der Waals surface area contributed by atoms with Crippen LogP contribution in [0.2, 0.25) is 0 Å². The van der Waals surface area contributed by atoms with Crippen LogP contribution in [0.5, 0.6) is 0 Å². The molecule has 0 aliphatic heterocycles. The van der Waals surface area contributed by atoms with E-state index in [1.54, 1.807) is 0 Å².